The second-order valence-corrected chi connectivity index (χ2v) is 5.36. The third kappa shape index (κ3) is 4.04. The number of rotatable bonds is 7. The molecule has 1 rings (SSSR count). The topological polar surface area (TPSA) is 61.8 Å². The Morgan fingerprint density at radius 2 is 2.15 bits per heavy atom. The highest BCUT2D eigenvalue weighted by Crippen LogP contribution is 2.26. The zero-order chi connectivity index (χ0) is 15.1. The average Bonchev–Trinajstić information content (AvgIpc) is 2.46. The van der Waals surface area contributed by atoms with Crippen molar-refractivity contribution in [3.05, 3.63) is 28.8 Å². The number of hydrogen-bond acceptors (Lipinski definition) is 3. The number of hydrogen-bond donors (Lipinski definition) is 2. The molecule has 0 radical (unpaired) electrons. The molecule has 0 fully saturated rings. The van der Waals surface area contributed by atoms with E-state index in [4.69, 9.17) is 22.5 Å². The molecule has 0 saturated carbocycles. The van der Waals surface area contributed by atoms with Crippen LogP contribution in [0.15, 0.2) is 23.4 Å². The Labute approximate surface area is 126 Å². The van der Waals surface area contributed by atoms with Gasteiger partial charge in [-0.1, -0.05) is 37.0 Å². The summed E-state index contributed by atoms with van der Waals surface area (Å²) in [5, 5.41) is 12.2. The highest BCUT2D eigenvalue weighted by atomic mass is 35.5. The normalized spacial score (nSPS) is 13.3. The second kappa shape index (κ2) is 8.00. The molecule has 5 heteroatoms. The molecular formula is C15H24ClN3O. The Balaban J connectivity index is 3.06. The Morgan fingerprint density at radius 1 is 1.45 bits per heavy atom. The lowest BCUT2D eigenvalue weighted by Crippen LogP contribution is -2.33. The molecule has 0 aliphatic carbocycles. The molecule has 1 unspecified atom stereocenters. The molecule has 0 aliphatic rings. The molecule has 4 nitrogen and oxygen atoms in total. The minimum atomic E-state index is 0.0326. The summed E-state index contributed by atoms with van der Waals surface area (Å²) in [4.78, 5) is 2.35. The van der Waals surface area contributed by atoms with Crippen LogP contribution >= 0.6 is 11.6 Å². The SMILES string of the molecule is CCCCN(c1ccc(C(N)=NO)c(Cl)c1)C(C)CC. The van der Waals surface area contributed by atoms with Crippen LogP contribution in [-0.2, 0) is 0 Å². The van der Waals surface area contributed by atoms with E-state index in [0.29, 0.717) is 16.6 Å². The van der Waals surface area contributed by atoms with Gasteiger partial charge in [-0.3, -0.25) is 0 Å². The van der Waals surface area contributed by atoms with Crippen molar-refractivity contribution in [2.75, 3.05) is 11.4 Å². The first kappa shape index (κ1) is 16.6. The summed E-state index contributed by atoms with van der Waals surface area (Å²) >= 11 is 6.23. The third-order valence-electron chi connectivity index (χ3n) is 3.54. The highest BCUT2D eigenvalue weighted by Gasteiger charge is 2.15. The molecule has 0 spiro atoms. The van der Waals surface area contributed by atoms with Gasteiger partial charge in [0.1, 0.15) is 0 Å². The summed E-state index contributed by atoms with van der Waals surface area (Å²) in [6.45, 7) is 7.57. The van der Waals surface area contributed by atoms with Gasteiger partial charge in [-0.15, -0.1) is 0 Å². The smallest absolute Gasteiger partial charge is 0.171 e. The summed E-state index contributed by atoms with van der Waals surface area (Å²) in [7, 11) is 0. The molecule has 0 saturated heterocycles. The van der Waals surface area contributed by atoms with E-state index in [-0.39, 0.29) is 5.84 Å². The van der Waals surface area contributed by atoms with E-state index in [1.807, 2.05) is 12.1 Å². The first-order valence-corrected chi connectivity index (χ1v) is 7.47. The quantitative estimate of drug-likeness (QED) is 0.348. The Kier molecular flexibility index (Phi) is 6.65. The fourth-order valence-electron chi connectivity index (χ4n) is 2.10. The van der Waals surface area contributed by atoms with Crippen molar-refractivity contribution in [1.82, 2.24) is 0 Å². The largest absolute Gasteiger partial charge is 0.409 e. The Hall–Kier alpha value is -1.42. The van der Waals surface area contributed by atoms with E-state index >= 15 is 0 Å². The van der Waals surface area contributed by atoms with Gasteiger partial charge < -0.3 is 15.8 Å². The molecule has 0 amide bonds. The number of halogens is 1. The number of benzene rings is 1. The number of nitrogens with zero attached hydrogens (tertiary/aromatic N) is 2. The van der Waals surface area contributed by atoms with Crippen LogP contribution in [0.1, 0.15) is 45.6 Å². The molecule has 1 aromatic carbocycles. The summed E-state index contributed by atoms with van der Waals surface area (Å²) in [5.41, 5.74) is 7.22. The summed E-state index contributed by atoms with van der Waals surface area (Å²) in [6, 6.07) is 6.11. The lowest BCUT2D eigenvalue weighted by atomic mass is 10.1. The van der Waals surface area contributed by atoms with Crippen LogP contribution < -0.4 is 10.6 Å². The van der Waals surface area contributed by atoms with E-state index in [1.54, 1.807) is 6.07 Å². The van der Waals surface area contributed by atoms with Crippen LogP contribution in [0.2, 0.25) is 5.02 Å². The molecular weight excluding hydrogens is 274 g/mol. The van der Waals surface area contributed by atoms with Crippen molar-refractivity contribution in [3.8, 4) is 0 Å². The summed E-state index contributed by atoms with van der Waals surface area (Å²) in [6.07, 6.45) is 3.37. The predicted molar refractivity (Wildman–Crippen MR) is 86.0 cm³/mol. The Bertz CT molecular complexity index is 462. The van der Waals surface area contributed by atoms with Crippen molar-refractivity contribution >= 4 is 23.1 Å². The van der Waals surface area contributed by atoms with Crippen LogP contribution in [-0.4, -0.2) is 23.6 Å². The Morgan fingerprint density at radius 3 is 2.65 bits per heavy atom. The second-order valence-electron chi connectivity index (χ2n) is 4.95. The van der Waals surface area contributed by atoms with Crippen LogP contribution in [0.5, 0.6) is 0 Å². The maximum Gasteiger partial charge on any atom is 0.171 e. The maximum atomic E-state index is 8.73. The predicted octanol–water partition coefficient (Wildman–Crippen LogP) is 3.84. The van der Waals surface area contributed by atoms with Gasteiger partial charge in [0.25, 0.3) is 0 Å². The molecule has 1 aromatic rings. The first-order valence-electron chi connectivity index (χ1n) is 7.09. The van der Waals surface area contributed by atoms with Gasteiger partial charge in [-0.05, 0) is 38.0 Å². The van der Waals surface area contributed by atoms with Crippen LogP contribution in [0.4, 0.5) is 5.69 Å². The van der Waals surface area contributed by atoms with Gasteiger partial charge in [0, 0.05) is 23.8 Å². The number of oxime groups is 1. The van der Waals surface area contributed by atoms with Crippen molar-refractivity contribution in [1.29, 1.82) is 0 Å². The molecule has 20 heavy (non-hydrogen) atoms. The number of amidine groups is 1. The molecule has 1 atom stereocenters. The molecule has 0 bridgehead atoms. The minimum absolute atomic E-state index is 0.0326. The summed E-state index contributed by atoms with van der Waals surface area (Å²) in [5.74, 6) is 0.0326. The van der Waals surface area contributed by atoms with Gasteiger partial charge in [-0.2, -0.15) is 0 Å². The van der Waals surface area contributed by atoms with Crippen molar-refractivity contribution in [2.45, 2.75) is 46.1 Å². The minimum Gasteiger partial charge on any atom is -0.409 e. The molecule has 0 aliphatic heterocycles. The van der Waals surface area contributed by atoms with Crippen molar-refractivity contribution < 1.29 is 5.21 Å². The lowest BCUT2D eigenvalue weighted by molar-refractivity contribution is 0.318. The van der Waals surface area contributed by atoms with Gasteiger partial charge in [0.2, 0.25) is 0 Å². The molecule has 112 valence electrons. The van der Waals surface area contributed by atoms with Gasteiger partial charge >= 0.3 is 0 Å². The molecule has 0 heterocycles. The monoisotopic (exact) mass is 297 g/mol. The standard InChI is InChI=1S/C15H24ClN3O/c1-4-6-9-19(11(3)5-2)12-7-8-13(14(16)10-12)15(17)18-20/h7-8,10-11,20H,4-6,9H2,1-3H3,(H2,17,18). The first-order chi connectivity index (χ1) is 9.54. The molecule has 0 aromatic heterocycles. The van der Waals surface area contributed by atoms with Gasteiger partial charge in [-0.25, -0.2) is 0 Å². The van der Waals surface area contributed by atoms with E-state index in [2.05, 4.69) is 30.8 Å². The lowest BCUT2D eigenvalue weighted by Gasteiger charge is -2.31. The van der Waals surface area contributed by atoms with Crippen LogP contribution in [0.25, 0.3) is 0 Å². The van der Waals surface area contributed by atoms with Crippen molar-refractivity contribution in [3.63, 3.8) is 0 Å². The number of anilines is 1. The molecule has 3 N–H and O–H groups in total. The van der Waals surface area contributed by atoms with Gasteiger partial charge in [0.15, 0.2) is 5.84 Å². The zero-order valence-electron chi connectivity index (χ0n) is 12.4. The van der Waals surface area contributed by atoms with E-state index in [9.17, 15) is 0 Å². The maximum absolute atomic E-state index is 8.73. The third-order valence-corrected chi connectivity index (χ3v) is 3.86. The van der Waals surface area contributed by atoms with Crippen LogP contribution in [0, 0.1) is 0 Å². The number of unbranched alkanes of at least 4 members (excludes halogenated alkanes) is 1. The number of nitrogens with two attached hydrogens (primary N) is 1. The van der Waals surface area contributed by atoms with E-state index in [0.717, 1.165) is 31.5 Å². The fourth-order valence-corrected chi connectivity index (χ4v) is 2.37. The van der Waals surface area contributed by atoms with E-state index in [1.165, 1.54) is 0 Å². The highest BCUT2D eigenvalue weighted by molar-refractivity contribution is 6.34. The average molecular weight is 298 g/mol. The summed E-state index contributed by atoms with van der Waals surface area (Å²) < 4.78 is 0. The van der Waals surface area contributed by atoms with Crippen molar-refractivity contribution in [2.24, 2.45) is 10.9 Å². The van der Waals surface area contributed by atoms with Gasteiger partial charge in [0.05, 0.1) is 5.02 Å². The fraction of sp³-hybridized carbons (Fsp3) is 0.533. The van der Waals surface area contributed by atoms with Crippen LogP contribution in [0.3, 0.4) is 0 Å². The zero-order valence-corrected chi connectivity index (χ0v) is 13.2. The van der Waals surface area contributed by atoms with E-state index < -0.39 is 0 Å².